The number of hydrogen-bond donors (Lipinski definition) is 0. The maximum absolute atomic E-state index is 5.45. The van der Waals surface area contributed by atoms with Gasteiger partial charge in [0.2, 0.25) is 5.89 Å². The lowest BCUT2D eigenvalue weighted by atomic mass is 9.97. The van der Waals surface area contributed by atoms with E-state index in [0.717, 1.165) is 15.4 Å². The first kappa shape index (κ1) is 9.03. The van der Waals surface area contributed by atoms with Crippen LogP contribution in [0.3, 0.4) is 0 Å². The van der Waals surface area contributed by atoms with Gasteiger partial charge in [0, 0.05) is 28.0 Å². The molecule has 0 aliphatic rings. The topological polar surface area (TPSA) is 26.0 Å². The SMILES string of the molecule is Cc1nc(C(C)(C)C)oc1I. The summed E-state index contributed by atoms with van der Waals surface area (Å²) in [6.45, 7) is 8.23. The second-order valence-corrected chi connectivity index (χ2v) is 4.61. The summed E-state index contributed by atoms with van der Waals surface area (Å²) in [5, 5.41) is 0. The number of halogens is 1. The highest BCUT2D eigenvalue weighted by atomic mass is 127. The monoisotopic (exact) mass is 265 g/mol. The van der Waals surface area contributed by atoms with Crippen LogP contribution in [0.2, 0.25) is 0 Å². The summed E-state index contributed by atoms with van der Waals surface area (Å²) in [4.78, 5) is 4.31. The average molecular weight is 265 g/mol. The molecular weight excluding hydrogens is 253 g/mol. The third kappa shape index (κ3) is 1.95. The molecule has 0 saturated carbocycles. The Morgan fingerprint density at radius 1 is 1.36 bits per heavy atom. The van der Waals surface area contributed by atoms with Gasteiger partial charge in [0.15, 0.2) is 3.77 Å². The van der Waals surface area contributed by atoms with E-state index in [-0.39, 0.29) is 5.41 Å². The van der Waals surface area contributed by atoms with Crippen molar-refractivity contribution in [2.24, 2.45) is 0 Å². The van der Waals surface area contributed by atoms with Crippen LogP contribution in [0.25, 0.3) is 0 Å². The lowest BCUT2D eigenvalue weighted by Gasteiger charge is -2.11. The van der Waals surface area contributed by atoms with Crippen molar-refractivity contribution in [2.45, 2.75) is 33.1 Å². The van der Waals surface area contributed by atoms with Crippen LogP contribution in [-0.2, 0) is 5.41 Å². The first-order valence-electron chi connectivity index (χ1n) is 3.54. The molecular formula is C8H12INO. The number of rotatable bonds is 0. The quantitative estimate of drug-likeness (QED) is 0.674. The summed E-state index contributed by atoms with van der Waals surface area (Å²) in [5.41, 5.74) is 1.00. The Labute approximate surface area is 80.5 Å². The summed E-state index contributed by atoms with van der Waals surface area (Å²) < 4.78 is 6.35. The van der Waals surface area contributed by atoms with E-state index < -0.39 is 0 Å². The van der Waals surface area contributed by atoms with Gasteiger partial charge in [0.05, 0.1) is 5.69 Å². The van der Waals surface area contributed by atoms with Gasteiger partial charge in [-0.15, -0.1) is 0 Å². The molecule has 0 atom stereocenters. The largest absolute Gasteiger partial charge is 0.434 e. The Balaban J connectivity index is 3.08. The summed E-state index contributed by atoms with van der Waals surface area (Å²) in [5.74, 6) is 0.819. The fourth-order valence-electron chi connectivity index (χ4n) is 0.699. The highest BCUT2D eigenvalue weighted by Crippen LogP contribution is 2.24. The van der Waals surface area contributed by atoms with Crippen LogP contribution in [0.1, 0.15) is 32.4 Å². The van der Waals surface area contributed by atoms with E-state index in [2.05, 4.69) is 48.3 Å². The molecule has 0 amide bonds. The minimum atomic E-state index is 0.0220. The second kappa shape index (κ2) is 2.77. The van der Waals surface area contributed by atoms with Crippen molar-refractivity contribution in [2.75, 3.05) is 0 Å². The Kier molecular flexibility index (Phi) is 2.27. The molecule has 0 aliphatic heterocycles. The normalized spacial score (nSPS) is 12.1. The molecule has 1 rings (SSSR count). The molecule has 0 aliphatic carbocycles. The fourth-order valence-corrected chi connectivity index (χ4v) is 1.03. The van der Waals surface area contributed by atoms with Crippen LogP contribution < -0.4 is 0 Å². The molecule has 11 heavy (non-hydrogen) atoms. The van der Waals surface area contributed by atoms with Gasteiger partial charge in [-0.25, -0.2) is 4.98 Å². The van der Waals surface area contributed by atoms with E-state index >= 15 is 0 Å². The summed E-state index contributed by atoms with van der Waals surface area (Å²) in [6, 6.07) is 0. The fraction of sp³-hybridized carbons (Fsp3) is 0.625. The standard InChI is InChI=1S/C8H12INO/c1-5-6(9)11-7(10-5)8(2,3)4/h1-4H3. The maximum atomic E-state index is 5.45. The Morgan fingerprint density at radius 3 is 2.09 bits per heavy atom. The van der Waals surface area contributed by atoms with Crippen LogP contribution in [0.4, 0.5) is 0 Å². The minimum absolute atomic E-state index is 0.0220. The minimum Gasteiger partial charge on any atom is -0.434 e. The zero-order valence-electron chi connectivity index (χ0n) is 7.23. The number of oxazole rings is 1. The lowest BCUT2D eigenvalue weighted by Crippen LogP contribution is -2.11. The van der Waals surface area contributed by atoms with Gasteiger partial charge < -0.3 is 4.42 Å². The Bertz CT molecular complexity index is 240. The Hall–Kier alpha value is -0.0600. The average Bonchev–Trinajstić information content (AvgIpc) is 2.11. The van der Waals surface area contributed by atoms with Gasteiger partial charge in [0.1, 0.15) is 0 Å². The second-order valence-electron chi connectivity index (χ2n) is 3.63. The van der Waals surface area contributed by atoms with Crippen LogP contribution in [0.15, 0.2) is 4.42 Å². The molecule has 2 nitrogen and oxygen atoms in total. The van der Waals surface area contributed by atoms with E-state index in [0.29, 0.717) is 0 Å². The number of aromatic nitrogens is 1. The van der Waals surface area contributed by atoms with Crippen LogP contribution in [0.5, 0.6) is 0 Å². The molecule has 3 heteroatoms. The molecule has 1 heterocycles. The summed E-state index contributed by atoms with van der Waals surface area (Å²) >= 11 is 2.16. The van der Waals surface area contributed by atoms with Crippen LogP contribution >= 0.6 is 22.6 Å². The van der Waals surface area contributed by atoms with E-state index in [9.17, 15) is 0 Å². The molecule has 0 saturated heterocycles. The van der Waals surface area contributed by atoms with Crippen molar-refractivity contribution in [3.63, 3.8) is 0 Å². The molecule has 0 N–H and O–H groups in total. The first-order chi connectivity index (χ1) is 4.91. The predicted molar refractivity (Wildman–Crippen MR) is 52.7 cm³/mol. The number of nitrogens with zero attached hydrogens (tertiary/aromatic N) is 1. The van der Waals surface area contributed by atoms with Crippen LogP contribution in [0, 0.1) is 10.7 Å². The van der Waals surface area contributed by atoms with Gasteiger partial charge in [-0.05, 0) is 6.92 Å². The third-order valence-corrected chi connectivity index (χ3v) is 2.38. The van der Waals surface area contributed by atoms with Crippen molar-refractivity contribution in [1.29, 1.82) is 0 Å². The zero-order chi connectivity index (χ0) is 8.65. The van der Waals surface area contributed by atoms with E-state index in [4.69, 9.17) is 4.42 Å². The predicted octanol–water partition coefficient (Wildman–Crippen LogP) is 2.89. The Morgan fingerprint density at radius 2 is 1.91 bits per heavy atom. The number of aryl methyl sites for hydroxylation is 1. The zero-order valence-corrected chi connectivity index (χ0v) is 9.39. The van der Waals surface area contributed by atoms with E-state index in [1.54, 1.807) is 0 Å². The van der Waals surface area contributed by atoms with Crippen molar-refractivity contribution < 1.29 is 4.42 Å². The lowest BCUT2D eigenvalue weighted by molar-refractivity contribution is 0.380. The van der Waals surface area contributed by atoms with Gasteiger partial charge in [0.25, 0.3) is 0 Å². The van der Waals surface area contributed by atoms with Crippen molar-refractivity contribution in [3.05, 3.63) is 15.4 Å². The van der Waals surface area contributed by atoms with E-state index in [1.807, 2.05) is 6.92 Å². The van der Waals surface area contributed by atoms with Gasteiger partial charge in [-0.1, -0.05) is 20.8 Å². The summed E-state index contributed by atoms with van der Waals surface area (Å²) in [7, 11) is 0. The molecule has 0 bridgehead atoms. The third-order valence-electron chi connectivity index (χ3n) is 1.38. The van der Waals surface area contributed by atoms with Gasteiger partial charge in [-0.3, -0.25) is 0 Å². The first-order valence-corrected chi connectivity index (χ1v) is 4.62. The molecule has 0 aromatic carbocycles. The van der Waals surface area contributed by atoms with Crippen molar-refractivity contribution in [1.82, 2.24) is 4.98 Å². The van der Waals surface area contributed by atoms with Crippen molar-refractivity contribution in [3.8, 4) is 0 Å². The van der Waals surface area contributed by atoms with Gasteiger partial charge >= 0.3 is 0 Å². The maximum Gasteiger partial charge on any atom is 0.201 e. The molecule has 62 valence electrons. The molecule has 0 unspecified atom stereocenters. The van der Waals surface area contributed by atoms with Crippen LogP contribution in [-0.4, -0.2) is 4.98 Å². The smallest absolute Gasteiger partial charge is 0.201 e. The highest BCUT2D eigenvalue weighted by molar-refractivity contribution is 14.1. The molecule has 1 aromatic heterocycles. The van der Waals surface area contributed by atoms with E-state index in [1.165, 1.54) is 0 Å². The number of hydrogen-bond acceptors (Lipinski definition) is 2. The highest BCUT2D eigenvalue weighted by Gasteiger charge is 2.21. The molecule has 1 aromatic rings. The van der Waals surface area contributed by atoms with Gasteiger partial charge in [-0.2, -0.15) is 0 Å². The molecule has 0 fully saturated rings. The molecule has 0 radical (unpaired) electrons. The van der Waals surface area contributed by atoms with Crippen molar-refractivity contribution >= 4 is 22.6 Å². The summed E-state index contributed by atoms with van der Waals surface area (Å²) in [6.07, 6.45) is 0. The molecule has 0 spiro atoms.